The number of amides is 1. The molecular formula is C20H25N3O2. The maximum absolute atomic E-state index is 12.6. The highest BCUT2D eigenvalue weighted by molar-refractivity contribution is 5.94. The Labute approximate surface area is 149 Å². The van der Waals surface area contributed by atoms with Crippen molar-refractivity contribution < 1.29 is 9.53 Å². The first kappa shape index (κ1) is 17.4. The Balaban J connectivity index is 1.47. The number of nitrogens with zero attached hydrogens (tertiary/aromatic N) is 3. The van der Waals surface area contributed by atoms with Crippen LogP contribution in [0, 0.1) is 0 Å². The van der Waals surface area contributed by atoms with Gasteiger partial charge in [-0.1, -0.05) is 0 Å². The van der Waals surface area contributed by atoms with Crippen LogP contribution in [0.3, 0.4) is 0 Å². The van der Waals surface area contributed by atoms with Crippen LogP contribution in [0.2, 0.25) is 0 Å². The first-order valence-electron chi connectivity index (χ1n) is 8.89. The molecule has 1 aliphatic rings. The van der Waals surface area contributed by atoms with Gasteiger partial charge in [0.25, 0.3) is 5.91 Å². The van der Waals surface area contributed by atoms with Crippen molar-refractivity contribution in [1.29, 1.82) is 0 Å². The van der Waals surface area contributed by atoms with Crippen LogP contribution in [0.4, 0.5) is 0 Å². The minimum atomic E-state index is 0.108. The zero-order valence-corrected chi connectivity index (χ0v) is 14.7. The maximum Gasteiger partial charge on any atom is 0.253 e. The molecule has 0 atom stereocenters. The van der Waals surface area contributed by atoms with Crippen LogP contribution in [-0.2, 0) is 6.42 Å². The fourth-order valence-electron chi connectivity index (χ4n) is 3.05. The van der Waals surface area contributed by atoms with Crippen LogP contribution in [0.5, 0.6) is 5.75 Å². The Morgan fingerprint density at radius 2 is 1.72 bits per heavy atom. The normalized spacial score (nSPS) is 15.2. The van der Waals surface area contributed by atoms with E-state index in [0.29, 0.717) is 6.61 Å². The summed E-state index contributed by atoms with van der Waals surface area (Å²) in [5.74, 6) is 0.914. The lowest BCUT2D eigenvalue weighted by Gasteiger charge is -2.34. The van der Waals surface area contributed by atoms with Gasteiger partial charge in [-0.2, -0.15) is 0 Å². The molecule has 0 N–H and O–H groups in total. The molecule has 3 rings (SSSR count). The van der Waals surface area contributed by atoms with E-state index in [1.165, 1.54) is 5.56 Å². The van der Waals surface area contributed by atoms with Crippen LogP contribution in [0.1, 0.15) is 22.8 Å². The van der Waals surface area contributed by atoms with Crippen molar-refractivity contribution in [1.82, 2.24) is 14.8 Å². The average molecular weight is 339 g/mol. The van der Waals surface area contributed by atoms with Gasteiger partial charge in [0.2, 0.25) is 0 Å². The van der Waals surface area contributed by atoms with E-state index >= 15 is 0 Å². The number of carbonyl (C=O) groups excluding carboxylic acids is 1. The van der Waals surface area contributed by atoms with Gasteiger partial charge in [0.15, 0.2) is 0 Å². The minimum Gasteiger partial charge on any atom is -0.494 e. The van der Waals surface area contributed by atoms with Gasteiger partial charge in [-0.15, -0.1) is 0 Å². The molecule has 0 bridgehead atoms. The predicted octanol–water partition coefficient (Wildman–Crippen LogP) is 2.48. The summed E-state index contributed by atoms with van der Waals surface area (Å²) in [5, 5.41) is 0. The molecule has 5 heteroatoms. The second-order valence-electron chi connectivity index (χ2n) is 6.20. The summed E-state index contributed by atoms with van der Waals surface area (Å²) in [4.78, 5) is 21.0. The molecule has 132 valence electrons. The minimum absolute atomic E-state index is 0.108. The molecule has 1 saturated heterocycles. The number of hydrogen-bond donors (Lipinski definition) is 0. The Hall–Kier alpha value is -2.40. The molecule has 2 heterocycles. The van der Waals surface area contributed by atoms with Gasteiger partial charge in [0, 0.05) is 50.7 Å². The number of rotatable bonds is 6. The van der Waals surface area contributed by atoms with E-state index in [9.17, 15) is 4.79 Å². The van der Waals surface area contributed by atoms with Crippen molar-refractivity contribution in [2.45, 2.75) is 13.3 Å². The summed E-state index contributed by atoms with van der Waals surface area (Å²) in [5.41, 5.74) is 2.04. The van der Waals surface area contributed by atoms with Crippen molar-refractivity contribution in [2.24, 2.45) is 0 Å². The number of piperazine rings is 1. The van der Waals surface area contributed by atoms with Crippen LogP contribution >= 0.6 is 0 Å². The maximum atomic E-state index is 12.6. The van der Waals surface area contributed by atoms with Gasteiger partial charge in [0.05, 0.1) is 6.61 Å². The standard InChI is InChI=1S/C20H25N3O2/c1-2-25-19-5-3-18(4-6-19)20(24)23-15-13-22(14-16-23)12-9-17-7-10-21-11-8-17/h3-8,10-11H,2,9,12-16H2,1H3. The van der Waals surface area contributed by atoms with Gasteiger partial charge >= 0.3 is 0 Å². The lowest BCUT2D eigenvalue weighted by molar-refractivity contribution is 0.0638. The molecule has 0 saturated carbocycles. The second kappa shape index (κ2) is 8.62. The molecule has 0 unspecified atom stereocenters. The molecule has 1 aromatic heterocycles. The first-order valence-corrected chi connectivity index (χ1v) is 8.89. The average Bonchev–Trinajstić information content (AvgIpc) is 2.68. The third kappa shape index (κ3) is 4.79. The zero-order chi connectivity index (χ0) is 17.5. The van der Waals surface area contributed by atoms with E-state index < -0.39 is 0 Å². The molecule has 2 aromatic rings. The number of benzene rings is 1. The van der Waals surface area contributed by atoms with Crippen molar-refractivity contribution in [3.05, 3.63) is 59.9 Å². The lowest BCUT2D eigenvalue weighted by atomic mass is 10.1. The Morgan fingerprint density at radius 3 is 2.36 bits per heavy atom. The third-order valence-corrected chi connectivity index (χ3v) is 4.54. The van der Waals surface area contributed by atoms with Gasteiger partial charge < -0.3 is 9.64 Å². The predicted molar refractivity (Wildman–Crippen MR) is 97.9 cm³/mol. The highest BCUT2D eigenvalue weighted by Crippen LogP contribution is 2.15. The fourth-order valence-corrected chi connectivity index (χ4v) is 3.05. The summed E-state index contributed by atoms with van der Waals surface area (Å²) in [6.07, 6.45) is 4.70. The van der Waals surface area contributed by atoms with Gasteiger partial charge in [-0.05, 0) is 55.3 Å². The van der Waals surface area contributed by atoms with E-state index in [2.05, 4.69) is 22.0 Å². The Bertz CT molecular complexity index is 665. The van der Waals surface area contributed by atoms with Crippen LogP contribution < -0.4 is 4.74 Å². The second-order valence-corrected chi connectivity index (χ2v) is 6.20. The van der Waals surface area contributed by atoms with E-state index in [1.807, 2.05) is 48.5 Å². The van der Waals surface area contributed by atoms with E-state index in [0.717, 1.165) is 50.5 Å². The summed E-state index contributed by atoms with van der Waals surface area (Å²) in [7, 11) is 0. The van der Waals surface area contributed by atoms with Crippen molar-refractivity contribution in [2.75, 3.05) is 39.3 Å². The summed E-state index contributed by atoms with van der Waals surface area (Å²) < 4.78 is 5.43. The van der Waals surface area contributed by atoms with Crippen LogP contribution in [0.15, 0.2) is 48.8 Å². The first-order chi connectivity index (χ1) is 12.3. The quantitative estimate of drug-likeness (QED) is 0.811. The molecule has 0 radical (unpaired) electrons. The third-order valence-electron chi connectivity index (χ3n) is 4.54. The topological polar surface area (TPSA) is 45.7 Å². The summed E-state index contributed by atoms with van der Waals surface area (Å²) in [6, 6.07) is 11.5. The van der Waals surface area contributed by atoms with Crippen molar-refractivity contribution >= 4 is 5.91 Å². The van der Waals surface area contributed by atoms with E-state index in [-0.39, 0.29) is 5.91 Å². The summed E-state index contributed by atoms with van der Waals surface area (Å²) in [6.45, 7) is 7.02. The lowest BCUT2D eigenvalue weighted by Crippen LogP contribution is -2.49. The molecule has 25 heavy (non-hydrogen) atoms. The van der Waals surface area contributed by atoms with Gasteiger partial charge in [-0.25, -0.2) is 0 Å². The smallest absolute Gasteiger partial charge is 0.253 e. The van der Waals surface area contributed by atoms with E-state index in [4.69, 9.17) is 4.74 Å². The molecule has 0 spiro atoms. The SMILES string of the molecule is CCOc1ccc(C(=O)N2CCN(CCc3ccncc3)CC2)cc1. The molecule has 1 aromatic carbocycles. The highest BCUT2D eigenvalue weighted by atomic mass is 16.5. The van der Waals surface area contributed by atoms with Crippen molar-refractivity contribution in [3.63, 3.8) is 0 Å². The largest absolute Gasteiger partial charge is 0.494 e. The van der Waals surface area contributed by atoms with Crippen LogP contribution in [-0.4, -0.2) is 60.0 Å². The Morgan fingerprint density at radius 1 is 1.04 bits per heavy atom. The number of pyridine rings is 1. The molecule has 0 aliphatic carbocycles. The molecule has 1 amide bonds. The number of ether oxygens (including phenoxy) is 1. The molecule has 5 nitrogen and oxygen atoms in total. The molecule has 1 fully saturated rings. The molecule has 1 aliphatic heterocycles. The number of aromatic nitrogens is 1. The molecular weight excluding hydrogens is 314 g/mol. The highest BCUT2D eigenvalue weighted by Gasteiger charge is 2.21. The van der Waals surface area contributed by atoms with Crippen molar-refractivity contribution in [3.8, 4) is 5.75 Å². The van der Waals surface area contributed by atoms with Crippen LogP contribution in [0.25, 0.3) is 0 Å². The van der Waals surface area contributed by atoms with Gasteiger partial charge in [-0.3, -0.25) is 14.7 Å². The number of hydrogen-bond acceptors (Lipinski definition) is 4. The summed E-state index contributed by atoms with van der Waals surface area (Å²) >= 11 is 0. The zero-order valence-electron chi connectivity index (χ0n) is 14.7. The number of carbonyl (C=O) groups is 1. The Kier molecular flexibility index (Phi) is 6.01. The fraction of sp³-hybridized carbons (Fsp3) is 0.400. The van der Waals surface area contributed by atoms with E-state index in [1.54, 1.807) is 0 Å². The monoisotopic (exact) mass is 339 g/mol. The van der Waals surface area contributed by atoms with Gasteiger partial charge in [0.1, 0.15) is 5.75 Å².